The van der Waals surface area contributed by atoms with Gasteiger partial charge in [0.1, 0.15) is 5.82 Å². The molecule has 0 saturated heterocycles. The summed E-state index contributed by atoms with van der Waals surface area (Å²) in [7, 11) is 0. The molecule has 4 rings (SSSR count). The molecule has 0 spiro atoms. The number of rotatable bonds is 5. The summed E-state index contributed by atoms with van der Waals surface area (Å²) in [6, 6.07) is 16.1. The Morgan fingerprint density at radius 2 is 1.71 bits per heavy atom. The van der Waals surface area contributed by atoms with Crippen LogP contribution >= 0.6 is 23.2 Å². The maximum Gasteiger partial charge on any atom is 0.338 e. The van der Waals surface area contributed by atoms with E-state index < -0.39 is 11.8 Å². The fourth-order valence-electron chi connectivity index (χ4n) is 3.45. The van der Waals surface area contributed by atoms with Gasteiger partial charge in [-0.05, 0) is 43.3 Å². The van der Waals surface area contributed by atoms with Crippen LogP contribution < -0.4 is 0 Å². The molecule has 156 valence electrons. The first-order valence-electron chi connectivity index (χ1n) is 9.48. The van der Waals surface area contributed by atoms with Gasteiger partial charge in [-0.25, -0.2) is 9.18 Å². The summed E-state index contributed by atoms with van der Waals surface area (Å²) in [5.74, 6) is -1.59. The maximum absolute atomic E-state index is 15.0. The first-order chi connectivity index (χ1) is 14.9. The fourth-order valence-corrected chi connectivity index (χ4v) is 4.02. The summed E-state index contributed by atoms with van der Waals surface area (Å²) in [6.45, 7) is 1.87. The molecule has 4 aromatic rings. The second-order valence-corrected chi connectivity index (χ2v) is 7.56. The van der Waals surface area contributed by atoms with Crippen molar-refractivity contribution in [3.8, 4) is 5.69 Å². The molecule has 0 aliphatic heterocycles. The third-order valence-corrected chi connectivity index (χ3v) is 5.49. The number of ether oxygens (including phenoxy) is 1. The van der Waals surface area contributed by atoms with Crippen LogP contribution in [0.1, 0.15) is 33.2 Å². The van der Waals surface area contributed by atoms with Gasteiger partial charge in [0, 0.05) is 17.1 Å². The van der Waals surface area contributed by atoms with Crippen molar-refractivity contribution >= 4 is 45.9 Å². The SMILES string of the molecule is CCOC(=O)c1ccc(-n2cc(C(=O)c3c(Cl)cccc3Cl)c3ccccc32)c(F)c1. The lowest BCUT2D eigenvalue weighted by molar-refractivity contribution is 0.0525. The highest BCUT2D eigenvalue weighted by Gasteiger charge is 2.22. The largest absolute Gasteiger partial charge is 0.462 e. The van der Waals surface area contributed by atoms with Crippen LogP contribution in [0.5, 0.6) is 0 Å². The van der Waals surface area contributed by atoms with Gasteiger partial charge in [-0.1, -0.05) is 47.5 Å². The predicted octanol–water partition coefficient (Wildman–Crippen LogP) is 6.48. The van der Waals surface area contributed by atoms with Crippen LogP contribution in [-0.4, -0.2) is 22.9 Å². The maximum atomic E-state index is 15.0. The van der Waals surface area contributed by atoms with E-state index in [0.717, 1.165) is 6.07 Å². The van der Waals surface area contributed by atoms with Gasteiger partial charge in [-0.15, -0.1) is 0 Å². The van der Waals surface area contributed by atoms with Crippen LogP contribution in [0.15, 0.2) is 66.9 Å². The smallest absolute Gasteiger partial charge is 0.338 e. The number of esters is 1. The summed E-state index contributed by atoms with van der Waals surface area (Å²) < 4.78 is 21.5. The van der Waals surface area contributed by atoms with Gasteiger partial charge in [0.05, 0.1) is 39.0 Å². The minimum Gasteiger partial charge on any atom is -0.462 e. The van der Waals surface area contributed by atoms with Crippen molar-refractivity contribution in [2.24, 2.45) is 0 Å². The minimum atomic E-state index is -0.624. The first-order valence-corrected chi connectivity index (χ1v) is 10.2. The Morgan fingerprint density at radius 1 is 1.00 bits per heavy atom. The van der Waals surface area contributed by atoms with Crippen molar-refractivity contribution in [3.05, 3.63) is 99.4 Å². The number of aromatic nitrogens is 1. The van der Waals surface area contributed by atoms with Gasteiger partial charge in [0.25, 0.3) is 0 Å². The average molecular weight is 456 g/mol. The van der Waals surface area contributed by atoms with Gasteiger partial charge >= 0.3 is 5.97 Å². The molecular weight excluding hydrogens is 440 g/mol. The minimum absolute atomic E-state index is 0.110. The summed E-state index contributed by atoms with van der Waals surface area (Å²) in [6.07, 6.45) is 1.55. The number of benzene rings is 3. The highest BCUT2D eigenvalue weighted by Crippen LogP contribution is 2.32. The Labute approximate surface area is 187 Å². The summed E-state index contributed by atoms with van der Waals surface area (Å²) in [5.41, 5.74) is 1.44. The number of halogens is 3. The lowest BCUT2D eigenvalue weighted by Gasteiger charge is -2.09. The zero-order chi connectivity index (χ0) is 22.1. The Balaban J connectivity index is 1.87. The molecule has 0 radical (unpaired) electrons. The number of nitrogens with zero attached hydrogens (tertiary/aromatic N) is 1. The van der Waals surface area contributed by atoms with E-state index in [2.05, 4.69) is 0 Å². The Bertz CT molecular complexity index is 1310. The predicted molar refractivity (Wildman–Crippen MR) is 119 cm³/mol. The molecule has 0 saturated carbocycles. The number of hydrogen-bond donors (Lipinski definition) is 0. The molecule has 0 unspecified atom stereocenters. The summed E-state index contributed by atoms with van der Waals surface area (Å²) in [5, 5.41) is 1.09. The molecule has 7 heteroatoms. The van der Waals surface area contributed by atoms with E-state index in [1.807, 2.05) is 0 Å². The molecule has 0 atom stereocenters. The molecular formula is C24H16Cl2FNO3. The number of carbonyl (C=O) groups excluding carboxylic acids is 2. The number of para-hydroxylation sites is 1. The van der Waals surface area contributed by atoms with Crippen LogP contribution in [-0.2, 0) is 4.74 Å². The van der Waals surface area contributed by atoms with Crippen LogP contribution in [0.25, 0.3) is 16.6 Å². The Kier molecular flexibility index (Phi) is 5.81. The molecule has 0 fully saturated rings. The van der Waals surface area contributed by atoms with Crippen molar-refractivity contribution in [1.29, 1.82) is 0 Å². The monoisotopic (exact) mass is 455 g/mol. The third kappa shape index (κ3) is 3.82. The van der Waals surface area contributed by atoms with Crippen molar-refractivity contribution in [3.63, 3.8) is 0 Å². The molecule has 0 bridgehead atoms. The fraction of sp³-hybridized carbons (Fsp3) is 0.0833. The van der Waals surface area contributed by atoms with Gasteiger partial charge in [-0.3, -0.25) is 4.79 Å². The standard InChI is InChI=1S/C24H16Cl2FNO3/c1-2-31-24(30)14-10-11-21(19(27)12-14)28-13-16(15-6-3-4-9-20(15)28)23(29)22-17(25)7-5-8-18(22)26/h3-13H,2H2,1H3. The van der Waals surface area contributed by atoms with Crippen molar-refractivity contribution < 1.29 is 18.7 Å². The van der Waals surface area contributed by atoms with Crippen molar-refractivity contribution in [2.45, 2.75) is 6.92 Å². The van der Waals surface area contributed by atoms with Crippen LogP contribution in [0, 0.1) is 5.82 Å². The van der Waals surface area contributed by atoms with Gasteiger partial charge in [0.2, 0.25) is 0 Å². The van der Waals surface area contributed by atoms with Crippen LogP contribution in [0.4, 0.5) is 4.39 Å². The molecule has 1 aromatic heterocycles. The zero-order valence-corrected chi connectivity index (χ0v) is 17.9. The second-order valence-electron chi connectivity index (χ2n) is 6.74. The molecule has 0 amide bonds. The van der Waals surface area contributed by atoms with Crippen LogP contribution in [0.2, 0.25) is 10.0 Å². The van der Waals surface area contributed by atoms with Crippen molar-refractivity contribution in [2.75, 3.05) is 6.61 Å². The molecule has 0 aliphatic rings. The molecule has 31 heavy (non-hydrogen) atoms. The van der Waals surface area contributed by atoms with Gasteiger partial charge in [-0.2, -0.15) is 0 Å². The van der Waals surface area contributed by atoms with Gasteiger partial charge in [0.15, 0.2) is 5.78 Å². The highest BCUT2D eigenvalue weighted by atomic mass is 35.5. The zero-order valence-electron chi connectivity index (χ0n) is 16.4. The lowest BCUT2D eigenvalue weighted by Crippen LogP contribution is -2.06. The highest BCUT2D eigenvalue weighted by molar-refractivity contribution is 6.41. The number of ketones is 1. The number of hydrogen-bond acceptors (Lipinski definition) is 3. The molecule has 1 heterocycles. The van der Waals surface area contributed by atoms with Gasteiger partial charge < -0.3 is 9.30 Å². The van der Waals surface area contributed by atoms with Crippen LogP contribution in [0.3, 0.4) is 0 Å². The third-order valence-electron chi connectivity index (χ3n) is 4.86. The molecule has 4 nitrogen and oxygen atoms in total. The normalized spacial score (nSPS) is 11.0. The molecule has 3 aromatic carbocycles. The van der Waals surface area contributed by atoms with Crippen molar-refractivity contribution in [1.82, 2.24) is 4.57 Å². The number of fused-ring (bicyclic) bond motifs is 1. The van der Waals surface area contributed by atoms with E-state index >= 15 is 0 Å². The quantitative estimate of drug-likeness (QED) is 0.255. The van der Waals surface area contributed by atoms with E-state index in [9.17, 15) is 14.0 Å². The van der Waals surface area contributed by atoms with E-state index in [0.29, 0.717) is 16.5 Å². The Hall–Kier alpha value is -3.15. The molecule has 0 aliphatic carbocycles. The number of carbonyl (C=O) groups is 2. The van der Waals surface area contributed by atoms with E-state index in [1.165, 1.54) is 12.1 Å². The first kappa shape index (κ1) is 21.1. The average Bonchev–Trinajstić information content (AvgIpc) is 3.13. The summed E-state index contributed by atoms with van der Waals surface area (Å²) >= 11 is 12.5. The van der Waals surface area contributed by atoms with E-state index in [1.54, 1.807) is 60.2 Å². The second kappa shape index (κ2) is 8.53. The topological polar surface area (TPSA) is 48.3 Å². The van der Waals surface area contributed by atoms with E-state index in [4.69, 9.17) is 27.9 Å². The summed E-state index contributed by atoms with van der Waals surface area (Å²) in [4.78, 5) is 25.2. The lowest BCUT2D eigenvalue weighted by atomic mass is 10.0. The Morgan fingerprint density at radius 3 is 2.39 bits per heavy atom. The van der Waals surface area contributed by atoms with E-state index in [-0.39, 0.29) is 39.2 Å². The molecule has 0 N–H and O–H groups in total.